The molecule has 0 aliphatic heterocycles. The highest BCUT2D eigenvalue weighted by atomic mass is 35.5. The summed E-state index contributed by atoms with van der Waals surface area (Å²) < 4.78 is 0. The number of hydrogen-bond donors (Lipinski definition) is 1. The van der Waals surface area contributed by atoms with E-state index in [-0.39, 0.29) is 0 Å². The van der Waals surface area contributed by atoms with Gasteiger partial charge >= 0.3 is 0 Å². The van der Waals surface area contributed by atoms with E-state index >= 15 is 0 Å². The minimum absolute atomic E-state index is 0.784. The molecule has 0 aliphatic rings. The second-order valence-electron chi connectivity index (χ2n) is 3.33. The fraction of sp³-hybridized carbons (Fsp3) is 0.538. The van der Waals surface area contributed by atoms with Crippen LogP contribution in [0, 0.1) is 6.92 Å². The summed E-state index contributed by atoms with van der Waals surface area (Å²) in [6.45, 7) is 6.82. The van der Waals surface area contributed by atoms with Crippen LogP contribution in [0.1, 0.15) is 37.8 Å². The van der Waals surface area contributed by atoms with Crippen LogP contribution in [0.4, 0.5) is 0 Å². The molecule has 0 heterocycles. The normalized spacial score (nSPS) is 9.40. The molecule has 2 N–H and O–H groups in total. The van der Waals surface area contributed by atoms with E-state index in [1.807, 2.05) is 26.8 Å². The zero-order chi connectivity index (χ0) is 11.7. The van der Waals surface area contributed by atoms with Gasteiger partial charge in [0.25, 0.3) is 0 Å². The van der Waals surface area contributed by atoms with Crippen molar-refractivity contribution in [2.24, 2.45) is 5.73 Å². The molecule has 0 fully saturated rings. The minimum atomic E-state index is 0.784. The molecule has 1 aromatic carbocycles. The second kappa shape index (κ2) is 8.75. The van der Waals surface area contributed by atoms with Gasteiger partial charge in [-0.15, -0.1) is 0 Å². The van der Waals surface area contributed by atoms with Gasteiger partial charge in [0.1, 0.15) is 0 Å². The van der Waals surface area contributed by atoms with Gasteiger partial charge in [-0.1, -0.05) is 37.6 Å². The Hall–Kier alpha value is -0.530. The van der Waals surface area contributed by atoms with Gasteiger partial charge in [-0.3, -0.25) is 0 Å². The van der Waals surface area contributed by atoms with Crippen LogP contribution in [-0.4, -0.2) is 6.54 Å². The van der Waals surface area contributed by atoms with E-state index in [0.717, 1.165) is 36.4 Å². The molecule has 0 spiro atoms. The Morgan fingerprint density at radius 1 is 1.20 bits per heavy atom. The van der Waals surface area contributed by atoms with Crippen LogP contribution in [0.5, 0.6) is 0 Å². The second-order valence-corrected chi connectivity index (χ2v) is 3.74. The Bertz CT molecular complexity index is 271. The first-order valence-corrected chi connectivity index (χ1v) is 6.07. The lowest BCUT2D eigenvalue weighted by atomic mass is 10.1. The van der Waals surface area contributed by atoms with Crippen LogP contribution in [0.25, 0.3) is 0 Å². The Balaban J connectivity index is 0.000000921. The first-order valence-electron chi connectivity index (χ1n) is 5.69. The monoisotopic (exact) mass is 227 g/mol. The molecule has 1 nitrogen and oxygen atoms in total. The number of hydrogen-bond acceptors (Lipinski definition) is 1. The number of aryl methyl sites for hydroxylation is 2. The van der Waals surface area contributed by atoms with Gasteiger partial charge in [0, 0.05) is 5.02 Å². The quantitative estimate of drug-likeness (QED) is 0.775. The molecule has 0 aliphatic carbocycles. The fourth-order valence-electron chi connectivity index (χ4n) is 1.34. The molecule has 0 bridgehead atoms. The van der Waals surface area contributed by atoms with Crippen molar-refractivity contribution in [1.82, 2.24) is 0 Å². The molecular formula is C13H22ClN. The van der Waals surface area contributed by atoms with Gasteiger partial charge in [0.2, 0.25) is 0 Å². The van der Waals surface area contributed by atoms with Crippen molar-refractivity contribution in [2.75, 3.05) is 6.54 Å². The minimum Gasteiger partial charge on any atom is -0.330 e. The highest BCUT2D eigenvalue weighted by molar-refractivity contribution is 6.31. The summed E-state index contributed by atoms with van der Waals surface area (Å²) in [6.07, 6.45) is 3.37. The van der Waals surface area contributed by atoms with Gasteiger partial charge in [-0.05, 0) is 49.9 Å². The maximum absolute atomic E-state index is 5.92. The summed E-state index contributed by atoms with van der Waals surface area (Å²) in [7, 11) is 0. The SMILES string of the molecule is CC.Cc1cc(CCCCN)ccc1Cl. The maximum atomic E-state index is 5.92. The van der Waals surface area contributed by atoms with Crippen molar-refractivity contribution in [3.8, 4) is 0 Å². The van der Waals surface area contributed by atoms with E-state index in [1.54, 1.807) is 0 Å². The van der Waals surface area contributed by atoms with Crippen molar-refractivity contribution >= 4 is 11.6 Å². The maximum Gasteiger partial charge on any atom is 0.0435 e. The van der Waals surface area contributed by atoms with Gasteiger partial charge in [0.05, 0.1) is 0 Å². The molecule has 2 heteroatoms. The van der Waals surface area contributed by atoms with Gasteiger partial charge in [-0.2, -0.15) is 0 Å². The van der Waals surface area contributed by atoms with Crippen LogP contribution in [0.3, 0.4) is 0 Å². The summed E-state index contributed by atoms with van der Waals surface area (Å²) >= 11 is 5.92. The Kier molecular flexibility index (Phi) is 8.44. The summed E-state index contributed by atoms with van der Waals surface area (Å²) in [5, 5.41) is 0.850. The van der Waals surface area contributed by atoms with Crippen LogP contribution >= 0.6 is 11.6 Å². The molecule has 0 amide bonds. The van der Waals surface area contributed by atoms with E-state index < -0.39 is 0 Å². The molecule has 0 saturated carbocycles. The number of unbranched alkanes of at least 4 members (excludes halogenated alkanes) is 1. The zero-order valence-electron chi connectivity index (χ0n) is 10.0. The average molecular weight is 228 g/mol. The number of halogens is 1. The van der Waals surface area contributed by atoms with E-state index in [4.69, 9.17) is 17.3 Å². The standard InChI is InChI=1S/C11H16ClN.C2H6/c1-9-8-10(4-2-3-7-13)5-6-11(9)12;1-2/h5-6,8H,2-4,7,13H2,1H3;1-2H3. The van der Waals surface area contributed by atoms with Crippen LogP contribution in [0.2, 0.25) is 5.02 Å². The molecule has 1 rings (SSSR count). The Labute approximate surface area is 98.6 Å². The van der Waals surface area contributed by atoms with E-state index in [9.17, 15) is 0 Å². The molecule has 1 aromatic rings. The predicted molar refractivity (Wildman–Crippen MR) is 69.5 cm³/mol. The Morgan fingerprint density at radius 2 is 1.87 bits per heavy atom. The lowest BCUT2D eigenvalue weighted by molar-refractivity contribution is 0.744. The van der Waals surface area contributed by atoms with Crippen LogP contribution in [0.15, 0.2) is 18.2 Å². The highest BCUT2D eigenvalue weighted by Gasteiger charge is 1.97. The first-order chi connectivity index (χ1) is 7.24. The largest absolute Gasteiger partial charge is 0.330 e. The molecule has 86 valence electrons. The summed E-state index contributed by atoms with van der Waals surface area (Å²) in [5.74, 6) is 0. The molecule has 0 unspecified atom stereocenters. The molecule has 0 aromatic heterocycles. The molecule has 15 heavy (non-hydrogen) atoms. The fourth-order valence-corrected chi connectivity index (χ4v) is 1.45. The number of benzene rings is 1. The average Bonchev–Trinajstić information content (AvgIpc) is 2.27. The lowest BCUT2D eigenvalue weighted by Crippen LogP contribution is -1.99. The van der Waals surface area contributed by atoms with Gasteiger partial charge in [0.15, 0.2) is 0 Å². The molecular weight excluding hydrogens is 206 g/mol. The topological polar surface area (TPSA) is 26.0 Å². The number of rotatable bonds is 4. The summed E-state index contributed by atoms with van der Waals surface area (Å²) in [4.78, 5) is 0. The summed E-state index contributed by atoms with van der Waals surface area (Å²) in [5.41, 5.74) is 7.94. The molecule has 0 radical (unpaired) electrons. The van der Waals surface area contributed by atoms with Crippen LogP contribution in [-0.2, 0) is 6.42 Å². The van der Waals surface area contributed by atoms with Crippen molar-refractivity contribution < 1.29 is 0 Å². The van der Waals surface area contributed by atoms with Crippen LogP contribution < -0.4 is 5.73 Å². The summed E-state index contributed by atoms with van der Waals surface area (Å²) in [6, 6.07) is 6.21. The van der Waals surface area contributed by atoms with Crippen molar-refractivity contribution in [2.45, 2.75) is 40.0 Å². The molecule has 0 saturated heterocycles. The highest BCUT2D eigenvalue weighted by Crippen LogP contribution is 2.17. The smallest absolute Gasteiger partial charge is 0.0435 e. The lowest BCUT2D eigenvalue weighted by Gasteiger charge is -2.03. The van der Waals surface area contributed by atoms with Crippen molar-refractivity contribution in [1.29, 1.82) is 0 Å². The van der Waals surface area contributed by atoms with Crippen molar-refractivity contribution in [3.63, 3.8) is 0 Å². The van der Waals surface area contributed by atoms with E-state index in [1.165, 1.54) is 5.56 Å². The third-order valence-corrected chi connectivity index (χ3v) is 2.57. The first kappa shape index (κ1) is 14.5. The number of nitrogens with two attached hydrogens (primary N) is 1. The molecule has 0 atom stereocenters. The van der Waals surface area contributed by atoms with Crippen molar-refractivity contribution in [3.05, 3.63) is 34.3 Å². The third-order valence-electron chi connectivity index (χ3n) is 2.14. The van der Waals surface area contributed by atoms with Gasteiger partial charge < -0.3 is 5.73 Å². The van der Waals surface area contributed by atoms with Gasteiger partial charge in [-0.25, -0.2) is 0 Å². The predicted octanol–water partition coefficient (Wildman–Crippen LogP) is 3.96. The third kappa shape index (κ3) is 5.81. The van der Waals surface area contributed by atoms with E-state index in [2.05, 4.69) is 12.1 Å². The van der Waals surface area contributed by atoms with E-state index in [0.29, 0.717) is 0 Å². The zero-order valence-corrected chi connectivity index (χ0v) is 10.8. The Morgan fingerprint density at radius 3 is 2.40 bits per heavy atom.